The summed E-state index contributed by atoms with van der Waals surface area (Å²) in [6, 6.07) is 2.00. The third-order valence-corrected chi connectivity index (χ3v) is 5.64. The van der Waals surface area contributed by atoms with Gasteiger partial charge in [0.25, 0.3) is 0 Å². The lowest BCUT2D eigenvalue weighted by atomic mass is 9.87. The van der Waals surface area contributed by atoms with Gasteiger partial charge in [-0.1, -0.05) is 40.5 Å². The molecule has 2 heterocycles. The molecular formula is C22H34N2O3. The van der Waals surface area contributed by atoms with Crippen LogP contribution in [0.1, 0.15) is 76.0 Å². The van der Waals surface area contributed by atoms with E-state index < -0.39 is 17.2 Å². The van der Waals surface area contributed by atoms with Gasteiger partial charge in [0.2, 0.25) is 0 Å². The molecule has 1 N–H and O–H groups in total. The number of aliphatic hydroxyl groups is 1. The van der Waals surface area contributed by atoms with E-state index in [2.05, 4.69) is 20.8 Å². The number of aryl methyl sites for hydroxylation is 2. The van der Waals surface area contributed by atoms with Gasteiger partial charge < -0.3 is 9.67 Å². The second kappa shape index (κ2) is 8.87. The van der Waals surface area contributed by atoms with Crippen LogP contribution < -0.4 is 11.1 Å². The number of aromatic nitrogens is 2. The minimum atomic E-state index is -0.610. The van der Waals surface area contributed by atoms with Gasteiger partial charge in [0.15, 0.2) is 0 Å². The summed E-state index contributed by atoms with van der Waals surface area (Å²) in [4.78, 5) is 25.4. The van der Waals surface area contributed by atoms with Crippen molar-refractivity contribution in [1.29, 1.82) is 0 Å². The number of hydrogen-bond acceptors (Lipinski definition) is 3. The first kappa shape index (κ1) is 21.4. The normalized spacial score (nSPS) is 16.8. The summed E-state index contributed by atoms with van der Waals surface area (Å²) in [6.45, 7) is 13.2. The molecule has 1 aromatic heterocycles. The monoisotopic (exact) mass is 374 g/mol. The fourth-order valence-corrected chi connectivity index (χ4v) is 4.05. The predicted octanol–water partition coefficient (Wildman–Crippen LogP) is 3.86. The summed E-state index contributed by atoms with van der Waals surface area (Å²) in [5, 5.41) is 10.3. The van der Waals surface area contributed by atoms with Gasteiger partial charge in [0.05, 0.1) is 23.7 Å². The van der Waals surface area contributed by atoms with Gasteiger partial charge >= 0.3 is 11.1 Å². The van der Waals surface area contributed by atoms with Crippen molar-refractivity contribution in [2.45, 2.75) is 92.3 Å². The Morgan fingerprint density at radius 2 is 1.89 bits per heavy atom. The first-order valence-corrected chi connectivity index (χ1v) is 10.3. The van der Waals surface area contributed by atoms with Crippen molar-refractivity contribution < 1.29 is 5.11 Å². The highest BCUT2D eigenvalue weighted by Crippen LogP contribution is 2.35. The number of nitrogens with zero attached hydrogens (tertiary/aromatic N) is 2. The maximum absolute atomic E-state index is 12.7. The smallest absolute Gasteiger partial charge is 0.317 e. The largest absolute Gasteiger partial charge is 0.391 e. The molecular weight excluding hydrogens is 340 g/mol. The van der Waals surface area contributed by atoms with Gasteiger partial charge in [-0.05, 0) is 55.4 Å². The molecule has 27 heavy (non-hydrogen) atoms. The molecule has 2 atom stereocenters. The fraction of sp³-hybridized carbons (Fsp3) is 0.636. The Morgan fingerprint density at radius 3 is 2.52 bits per heavy atom. The molecule has 1 aliphatic heterocycles. The molecule has 0 saturated carbocycles. The molecule has 2 aromatic rings. The van der Waals surface area contributed by atoms with E-state index in [1.807, 2.05) is 26.8 Å². The SMILES string of the molecule is CC.CCCCC(O)Cn1c(=O)c(=O)n2c3c(c(C)c(C)cc31)C(C)CC2. The third-order valence-electron chi connectivity index (χ3n) is 5.64. The zero-order valence-corrected chi connectivity index (χ0v) is 17.6. The molecule has 1 aromatic carbocycles. The molecule has 0 spiro atoms. The molecule has 2 unspecified atom stereocenters. The van der Waals surface area contributed by atoms with Crippen LogP contribution in [0.2, 0.25) is 0 Å². The third kappa shape index (κ3) is 3.88. The van der Waals surface area contributed by atoms with Gasteiger partial charge in [-0.2, -0.15) is 0 Å². The Bertz CT molecular complexity index is 924. The van der Waals surface area contributed by atoms with Gasteiger partial charge in [-0.3, -0.25) is 14.2 Å². The van der Waals surface area contributed by atoms with Gasteiger partial charge in [-0.25, -0.2) is 0 Å². The quantitative estimate of drug-likeness (QED) is 0.808. The van der Waals surface area contributed by atoms with Gasteiger partial charge in [-0.15, -0.1) is 0 Å². The molecule has 0 aliphatic carbocycles. The van der Waals surface area contributed by atoms with E-state index in [9.17, 15) is 14.7 Å². The lowest BCUT2D eigenvalue weighted by molar-refractivity contribution is 0.141. The minimum absolute atomic E-state index is 0.182. The van der Waals surface area contributed by atoms with Crippen molar-refractivity contribution in [2.24, 2.45) is 0 Å². The second-order valence-corrected chi connectivity index (χ2v) is 7.46. The van der Waals surface area contributed by atoms with Crippen LogP contribution in [0.3, 0.4) is 0 Å². The van der Waals surface area contributed by atoms with E-state index in [-0.39, 0.29) is 6.54 Å². The topological polar surface area (TPSA) is 64.2 Å². The minimum Gasteiger partial charge on any atom is -0.391 e. The van der Waals surface area contributed by atoms with E-state index in [1.54, 1.807) is 4.57 Å². The molecule has 0 radical (unpaired) electrons. The van der Waals surface area contributed by atoms with Crippen LogP contribution in [0, 0.1) is 13.8 Å². The Balaban J connectivity index is 0.00000126. The van der Waals surface area contributed by atoms with Crippen LogP contribution in [-0.2, 0) is 13.1 Å². The number of hydrogen-bond donors (Lipinski definition) is 1. The molecule has 1 aliphatic rings. The second-order valence-electron chi connectivity index (χ2n) is 7.46. The molecule has 5 nitrogen and oxygen atoms in total. The molecule has 150 valence electrons. The van der Waals surface area contributed by atoms with Crippen LogP contribution in [0.25, 0.3) is 11.0 Å². The van der Waals surface area contributed by atoms with Gasteiger partial charge in [0.1, 0.15) is 0 Å². The molecule has 3 rings (SSSR count). The lowest BCUT2D eigenvalue weighted by Gasteiger charge is -2.28. The maximum Gasteiger partial charge on any atom is 0.317 e. The van der Waals surface area contributed by atoms with Crippen molar-refractivity contribution in [3.05, 3.63) is 43.5 Å². The van der Waals surface area contributed by atoms with Crippen LogP contribution in [0.15, 0.2) is 15.7 Å². The van der Waals surface area contributed by atoms with Crippen LogP contribution in [0.4, 0.5) is 0 Å². The molecule has 0 saturated heterocycles. The molecule has 0 fully saturated rings. The van der Waals surface area contributed by atoms with Crippen molar-refractivity contribution in [3.8, 4) is 0 Å². The summed E-state index contributed by atoms with van der Waals surface area (Å²) in [5.41, 5.74) is 4.18. The summed E-state index contributed by atoms with van der Waals surface area (Å²) in [6.07, 6.45) is 2.80. The summed E-state index contributed by atoms with van der Waals surface area (Å²) in [5.74, 6) is 0.359. The van der Waals surface area contributed by atoms with E-state index in [4.69, 9.17) is 0 Å². The predicted molar refractivity (Wildman–Crippen MR) is 112 cm³/mol. The Kier molecular flexibility index (Phi) is 7.04. The van der Waals surface area contributed by atoms with E-state index in [0.29, 0.717) is 18.9 Å². The fourth-order valence-electron chi connectivity index (χ4n) is 4.05. The number of benzene rings is 1. The molecule has 0 bridgehead atoms. The first-order valence-electron chi connectivity index (χ1n) is 10.3. The van der Waals surface area contributed by atoms with Gasteiger partial charge in [0, 0.05) is 6.54 Å². The Labute approximate surface area is 161 Å². The Morgan fingerprint density at radius 1 is 1.22 bits per heavy atom. The standard InChI is InChI=1S/C20H28N2O3.C2H6/c1-5-6-7-15(23)11-22-16-10-13(3)14(4)17-12(2)8-9-21(18(16)17)19(24)20(22)25;1-2/h10,12,15,23H,5-9,11H2,1-4H3;1-2H3. The number of rotatable bonds is 5. The average molecular weight is 375 g/mol. The zero-order chi connectivity index (χ0) is 20.3. The summed E-state index contributed by atoms with van der Waals surface area (Å²) in [7, 11) is 0. The van der Waals surface area contributed by atoms with E-state index in [1.165, 1.54) is 15.7 Å². The summed E-state index contributed by atoms with van der Waals surface area (Å²) >= 11 is 0. The first-order chi connectivity index (χ1) is 12.9. The van der Waals surface area contributed by atoms with Crippen LogP contribution in [0.5, 0.6) is 0 Å². The highest BCUT2D eigenvalue weighted by Gasteiger charge is 2.26. The molecule has 0 amide bonds. The highest BCUT2D eigenvalue weighted by atomic mass is 16.3. The Hall–Kier alpha value is -1.88. The van der Waals surface area contributed by atoms with Crippen molar-refractivity contribution >= 4 is 11.0 Å². The number of unbranched alkanes of at least 4 members (excludes halogenated alkanes) is 1. The van der Waals surface area contributed by atoms with Crippen LogP contribution in [-0.4, -0.2) is 20.3 Å². The van der Waals surface area contributed by atoms with E-state index >= 15 is 0 Å². The molecule has 5 heteroatoms. The highest BCUT2D eigenvalue weighted by molar-refractivity contribution is 5.83. The summed E-state index contributed by atoms with van der Waals surface area (Å²) < 4.78 is 3.15. The van der Waals surface area contributed by atoms with E-state index in [0.717, 1.165) is 35.9 Å². The number of aliphatic hydroxyl groups excluding tert-OH is 1. The van der Waals surface area contributed by atoms with Crippen molar-refractivity contribution in [3.63, 3.8) is 0 Å². The van der Waals surface area contributed by atoms with Crippen molar-refractivity contribution in [1.82, 2.24) is 9.13 Å². The van der Waals surface area contributed by atoms with Crippen LogP contribution >= 0.6 is 0 Å². The maximum atomic E-state index is 12.7. The average Bonchev–Trinajstić information content (AvgIpc) is 2.67. The lowest BCUT2D eigenvalue weighted by Crippen LogP contribution is -2.44. The zero-order valence-electron chi connectivity index (χ0n) is 17.6. The van der Waals surface area contributed by atoms with Crippen molar-refractivity contribution in [2.75, 3.05) is 0 Å².